The van der Waals surface area contributed by atoms with Gasteiger partial charge in [0.2, 0.25) is 0 Å². The summed E-state index contributed by atoms with van der Waals surface area (Å²) < 4.78 is 38.2. The molecule has 0 spiro atoms. The van der Waals surface area contributed by atoms with Crippen molar-refractivity contribution in [1.82, 2.24) is 5.01 Å². The van der Waals surface area contributed by atoms with Crippen LogP contribution in [0.3, 0.4) is 0 Å². The summed E-state index contributed by atoms with van der Waals surface area (Å²) in [5.74, 6) is -0.0646. The summed E-state index contributed by atoms with van der Waals surface area (Å²) in [7, 11) is 1.30. The summed E-state index contributed by atoms with van der Waals surface area (Å²) in [4.78, 5) is 29.1. The van der Waals surface area contributed by atoms with Crippen LogP contribution in [0.25, 0.3) is 0 Å². The summed E-state index contributed by atoms with van der Waals surface area (Å²) in [5.41, 5.74) is 4.73. The number of amides is 2. The number of rotatable bonds is 7. The Hall–Kier alpha value is -3.61. The highest BCUT2D eigenvalue weighted by Gasteiger charge is 2.34. The number of anilines is 1. The fourth-order valence-electron chi connectivity index (χ4n) is 2.17. The van der Waals surface area contributed by atoms with Crippen LogP contribution < -0.4 is 15.7 Å². The van der Waals surface area contributed by atoms with Crippen molar-refractivity contribution in [3.05, 3.63) is 62.8 Å². The smallest absolute Gasteiger partial charge is 0.390 e. The second-order valence-corrected chi connectivity index (χ2v) is 6.11. The van der Waals surface area contributed by atoms with Crippen LogP contribution in [0.2, 0.25) is 5.02 Å². The zero-order valence-electron chi connectivity index (χ0n) is 15.3. The number of carbonyl (C=O) groups excluding carboxylic acids is 1. The molecule has 0 radical (unpaired) electrons. The topological polar surface area (TPSA) is 128 Å². The van der Waals surface area contributed by atoms with Crippen molar-refractivity contribution in [3.63, 3.8) is 0 Å². The third kappa shape index (κ3) is 5.70. The molecule has 160 valence electrons. The van der Waals surface area contributed by atoms with Crippen LogP contribution in [0.5, 0.6) is 0 Å². The van der Waals surface area contributed by atoms with E-state index in [0.29, 0.717) is 17.8 Å². The number of non-ortho nitro benzene ring substituents is 1. The predicted molar refractivity (Wildman–Crippen MR) is 99.2 cm³/mol. The zero-order valence-corrected chi connectivity index (χ0v) is 16.0. The number of nitro benzene ring substituents is 1. The Balaban J connectivity index is 2.08. The number of nitrogens with two attached hydrogens (primary N) is 1. The monoisotopic (exact) mass is 447 g/mol. The molecule has 0 atom stereocenters. The van der Waals surface area contributed by atoms with Gasteiger partial charge in [-0.1, -0.05) is 16.8 Å². The van der Waals surface area contributed by atoms with Crippen LogP contribution in [0.4, 0.5) is 29.5 Å². The molecule has 2 aromatic rings. The molecule has 1 aromatic carbocycles. The average molecular weight is 448 g/mol. The highest BCUT2D eigenvalue weighted by molar-refractivity contribution is 6.32. The molecular weight excluding hydrogens is 433 g/mol. The van der Waals surface area contributed by atoms with E-state index in [-0.39, 0.29) is 23.1 Å². The van der Waals surface area contributed by atoms with Crippen molar-refractivity contribution in [2.45, 2.75) is 12.8 Å². The highest BCUT2D eigenvalue weighted by Crippen LogP contribution is 2.32. The number of carbonyl (C=O) groups is 1. The molecule has 1 aromatic heterocycles. The Bertz CT molecular complexity index is 955. The summed E-state index contributed by atoms with van der Waals surface area (Å²) in [5, 5.41) is 15.6. The first-order valence-electron chi connectivity index (χ1n) is 8.00. The molecule has 14 heteroatoms. The van der Waals surface area contributed by atoms with Crippen molar-refractivity contribution < 1.29 is 32.7 Å². The number of aromatic nitrogens is 1. The molecule has 1 heterocycles. The number of alkyl halides is 3. The second kappa shape index (κ2) is 9.26. The number of pyridine rings is 1. The minimum atomic E-state index is -4.60. The Labute approximate surface area is 172 Å². The SMILES string of the molecule is CN(c1[nH+]cc(C(F)(F)F)cc1Cl)N(/C=N/OCc1ccc([N+](=O)[O-])cc1)C(N)=O. The molecule has 0 aliphatic rings. The molecule has 0 saturated heterocycles. The van der Waals surface area contributed by atoms with Gasteiger partial charge in [0.1, 0.15) is 24.9 Å². The number of urea groups is 1. The summed E-state index contributed by atoms with van der Waals surface area (Å²) in [6, 6.07) is 5.16. The maximum atomic E-state index is 12.7. The number of hydrogen-bond donors (Lipinski definition) is 1. The number of nitro groups is 1. The summed E-state index contributed by atoms with van der Waals surface area (Å²) >= 11 is 5.88. The van der Waals surface area contributed by atoms with Crippen molar-refractivity contribution in [2.75, 3.05) is 12.1 Å². The van der Waals surface area contributed by atoms with Gasteiger partial charge in [0.05, 0.1) is 10.5 Å². The molecule has 10 nitrogen and oxygen atoms in total. The van der Waals surface area contributed by atoms with E-state index in [2.05, 4.69) is 10.1 Å². The number of nitrogens with zero attached hydrogens (tertiary/aromatic N) is 4. The molecule has 30 heavy (non-hydrogen) atoms. The number of hydrazine groups is 1. The quantitative estimate of drug-likeness (QED) is 0.302. The van der Waals surface area contributed by atoms with Gasteiger partial charge in [-0.2, -0.15) is 13.2 Å². The van der Waals surface area contributed by atoms with Gasteiger partial charge in [-0.05, 0) is 23.8 Å². The summed E-state index contributed by atoms with van der Waals surface area (Å²) in [6.07, 6.45) is -3.04. The van der Waals surface area contributed by atoms with Gasteiger partial charge >= 0.3 is 18.0 Å². The summed E-state index contributed by atoms with van der Waals surface area (Å²) in [6.45, 7) is -0.0715. The molecule has 2 amide bonds. The lowest BCUT2D eigenvalue weighted by atomic mass is 10.2. The van der Waals surface area contributed by atoms with Crippen LogP contribution in [0.1, 0.15) is 11.1 Å². The van der Waals surface area contributed by atoms with Gasteiger partial charge in [0.25, 0.3) is 5.69 Å². The molecular formula is C16H15ClF3N6O4+. The predicted octanol–water partition coefficient (Wildman–Crippen LogP) is 2.97. The fourth-order valence-corrected chi connectivity index (χ4v) is 2.46. The number of primary amides is 1. The molecule has 0 unspecified atom stereocenters. The fraction of sp³-hybridized carbons (Fsp3) is 0.188. The van der Waals surface area contributed by atoms with E-state index < -0.39 is 22.7 Å². The Morgan fingerprint density at radius 1 is 1.40 bits per heavy atom. The molecule has 0 bridgehead atoms. The maximum absolute atomic E-state index is 12.7. The number of aromatic amines is 1. The van der Waals surface area contributed by atoms with Crippen molar-refractivity contribution in [3.8, 4) is 0 Å². The van der Waals surface area contributed by atoms with Crippen molar-refractivity contribution in [2.24, 2.45) is 10.9 Å². The van der Waals surface area contributed by atoms with Gasteiger partial charge in [-0.15, -0.1) is 10.0 Å². The zero-order chi connectivity index (χ0) is 22.5. The Morgan fingerprint density at radius 3 is 2.53 bits per heavy atom. The molecule has 0 fully saturated rings. The van der Waals surface area contributed by atoms with Crippen LogP contribution >= 0.6 is 11.6 Å². The molecule has 2 rings (SSSR count). The van der Waals surface area contributed by atoms with E-state index in [1.165, 1.54) is 31.3 Å². The third-order valence-corrected chi connectivity index (χ3v) is 3.97. The first-order valence-corrected chi connectivity index (χ1v) is 8.38. The number of benzene rings is 1. The van der Waals surface area contributed by atoms with Crippen LogP contribution in [0, 0.1) is 10.1 Å². The molecule has 0 aliphatic heterocycles. The Kier molecular flexibility index (Phi) is 7.00. The average Bonchev–Trinajstić information content (AvgIpc) is 2.66. The minimum Gasteiger partial charge on any atom is -0.390 e. The highest BCUT2D eigenvalue weighted by atomic mass is 35.5. The van der Waals surface area contributed by atoms with E-state index >= 15 is 0 Å². The van der Waals surface area contributed by atoms with Gasteiger partial charge < -0.3 is 10.6 Å². The van der Waals surface area contributed by atoms with Gasteiger partial charge in [0, 0.05) is 12.1 Å². The third-order valence-electron chi connectivity index (χ3n) is 3.68. The number of hydrogen-bond acceptors (Lipinski definition) is 6. The molecule has 0 saturated carbocycles. The van der Waals surface area contributed by atoms with Crippen molar-refractivity contribution >= 4 is 35.5 Å². The van der Waals surface area contributed by atoms with Gasteiger partial charge in [-0.25, -0.2) is 9.78 Å². The van der Waals surface area contributed by atoms with E-state index in [1.807, 2.05) is 0 Å². The minimum absolute atomic E-state index is 0.0646. The lowest BCUT2D eigenvalue weighted by molar-refractivity contribution is -0.384. The molecule has 0 aliphatic carbocycles. The second-order valence-electron chi connectivity index (χ2n) is 5.71. The number of H-pyrrole nitrogens is 1. The normalized spacial score (nSPS) is 11.4. The van der Waals surface area contributed by atoms with Crippen LogP contribution in [0.15, 0.2) is 41.7 Å². The van der Waals surface area contributed by atoms with Crippen LogP contribution in [-0.4, -0.2) is 29.3 Å². The Morgan fingerprint density at radius 2 is 2.03 bits per heavy atom. The van der Waals surface area contributed by atoms with Crippen LogP contribution in [-0.2, 0) is 17.6 Å². The van der Waals surface area contributed by atoms with Crippen molar-refractivity contribution in [1.29, 1.82) is 0 Å². The van der Waals surface area contributed by atoms with Gasteiger partial charge in [-0.3, -0.25) is 10.1 Å². The van der Waals surface area contributed by atoms with Gasteiger partial charge in [0.15, 0.2) is 6.34 Å². The van der Waals surface area contributed by atoms with E-state index in [0.717, 1.165) is 16.4 Å². The van der Waals surface area contributed by atoms with E-state index in [1.54, 1.807) is 0 Å². The lowest BCUT2D eigenvalue weighted by Crippen LogP contribution is -2.48. The maximum Gasteiger partial charge on any atom is 0.419 e. The first-order chi connectivity index (χ1) is 14.0. The van der Waals surface area contributed by atoms with E-state index in [4.69, 9.17) is 22.2 Å². The molecule has 3 N–H and O–H groups in total. The first kappa shape index (κ1) is 22.7. The largest absolute Gasteiger partial charge is 0.419 e. The van der Waals surface area contributed by atoms with E-state index in [9.17, 15) is 28.1 Å². The standard InChI is InChI=1S/C16H14ClF3N6O4/c1-24(14-13(17)6-11(7-22-14)16(18,19)20)25(15(21)27)9-23-30-8-10-2-4-12(5-3-10)26(28)29/h2-7,9H,8H2,1H3,(H2,21,27)/p+1/b23-9+. The number of halogens is 4. The number of nitrogens with one attached hydrogen (secondary N) is 1. The lowest BCUT2D eigenvalue weighted by Gasteiger charge is -2.20. The number of oxime groups is 1.